The molecule has 0 aromatic rings. The van der Waals surface area contributed by atoms with E-state index in [0.29, 0.717) is 12.5 Å². The molecule has 0 spiro atoms. The maximum Gasteiger partial charge on any atom is 0.217 e. The molecule has 0 bridgehead atoms. The summed E-state index contributed by atoms with van der Waals surface area (Å²) in [6.07, 6.45) is 3.83. The summed E-state index contributed by atoms with van der Waals surface area (Å²) in [4.78, 5) is 10.4. The lowest BCUT2D eigenvalue weighted by molar-refractivity contribution is -0.118. The SMILES string of the molecule is NC(=O)CCCNC1CCCNC1. The molecule has 0 aromatic heterocycles. The second kappa shape index (κ2) is 5.94. The molecule has 76 valence electrons. The number of amides is 1. The molecule has 0 aliphatic carbocycles. The van der Waals surface area contributed by atoms with Crippen molar-refractivity contribution in [3.05, 3.63) is 0 Å². The fourth-order valence-corrected chi connectivity index (χ4v) is 1.59. The number of rotatable bonds is 5. The van der Waals surface area contributed by atoms with Crippen molar-refractivity contribution in [3.8, 4) is 0 Å². The summed E-state index contributed by atoms with van der Waals surface area (Å²) in [6.45, 7) is 3.09. The highest BCUT2D eigenvalue weighted by Gasteiger charge is 2.10. The molecule has 1 heterocycles. The number of carbonyl (C=O) groups excluding carboxylic acids is 1. The monoisotopic (exact) mass is 185 g/mol. The number of piperidine rings is 1. The van der Waals surface area contributed by atoms with Crippen LogP contribution in [0, 0.1) is 0 Å². The molecular weight excluding hydrogens is 166 g/mol. The fraction of sp³-hybridized carbons (Fsp3) is 0.889. The first kappa shape index (κ1) is 10.5. The van der Waals surface area contributed by atoms with Crippen LogP contribution in [0.3, 0.4) is 0 Å². The summed E-state index contributed by atoms with van der Waals surface area (Å²) in [6, 6.07) is 0.585. The molecule has 0 saturated carbocycles. The molecule has 0 radical (unpaired) electrons. The van der Waals surface area contributed by atoms with Gasteiger partial charge in [0.15, 0.2) is 0 Å². The van der Waals surface area contributed by atoms with Crippen LogP contribution in [0.25, 0.3) is 0 Å². The number of carbonyl (C=O) groups is 1. The van der Waals surface area contributed by atoms with Crippen LogP contribution in [0.2, 0.25) is 0 Å². The van der Waals surface area contributed by atoms with Crippen molar-refractivity contribution in [3.63, 3.8) is 0 Å². The molecule has 1 saturated heterocycles. The third kappa shape index (κ3) is 4.85. The van der Waals surface area contributed by atoms with Gasteiger partial charge in [-0.05, 0) is 32.4 Å². The quantitative estimate of drug-likeness (QED) is 0.510. The number of hydrogen-bond donors (Lipinski definition) is 3. The van der Waals surface area contributed by atoms with E-state index in [2.05, 4.69) is 10.6 Å². The average molecular weight is 185 g/mol. The van der Waals surface area contributed by atoms with E-state index >= 15 is 0 Å². The van der Waals surface area contributed by atoms with E-state index in [4.69, 9.17) is 5.73 Å². The Balaban J connectivity index is 1.95. The summed E-state index contributed by atoms with van der Waals surface area (Å²) in [5.74, 6) is -0.205. The average Bonchev–Trinajstić information content (AvgIpc) is 2.14. The lowest BCUT2D eigenvalue weighted by Crippen LogP contribution is -2.43. The van der Waals surface area contributed by atoms with Crippen molar-refractivity contribution in [2.24, 2.45) is 5.73 Å². The van der Waals surface area contributed by atoms with Crippen LogP contribution >= 0.6 is 0 Å². The number of nitrogens with two attached hydrogens (primary N) is 1. The van der Waals surface area contributed by atoms with Crippen molar-refractivity contribution in [2.45, 2.75) is 31.7 Å². The Bertz CT molecular complexity index is 155. The highest BCUT2D eigenvalue weighted by atomic mass is 16.1. The molecule has 1 rings (SSSR count). The van der Waals surface area contributed by atoms with Crippen molar-refractivity contribution < 1.29 is 4.79 Å². The van der Waals surface area contributed by atoms with Crippen LogP contribution in [0.15, 0.2) is 0 Å². The van der Waals surface area contributed by atoms with E-state index in [0.717, 1.165) is 26.1 Å². The number of primary amides is 1. The van der Waals surface area contributed by atoms with Gasteiger partial charge in [-0.1, -0.05) is 0 Å². The van der Waals surface area contributed by atoms with Gasteiger partial charge in [-0.15, -0.1) is 0 Å². The van der Waals surface area contributed by atoms with E-state index in [1.807, 2.05) is 0 Å². The van der Waals surface area contributed by atoms with Crippen LogP contribution in [-0.4, -0.2) is 31.6 Å². The zero-order valence-electron chi connectivity index (χ0n) is 8.01. The standard InChI is InChI=1S/C9H19N3O/c10-9(13)4-2-6-12-8-3-1-5-11-7-8/h8,11-12H,1-7H2,(H2,10,13). The first-order valence-corrected chi connectivity index (χ1v) is 5.01. The zero-order valence-corrected chi connectivity index (χ0v) is 8.01. The maximum absolute atomic E-state index is 10.4. The number of nitrogens with one attached hydrogen (secondary N) is 2. The van der Waals surface area contributed by atoms with E-state index in [1.165, 1.54) is 12.8 Å². The van der Waals surface area contributed by atoms with Crippen molar-refractivity contribution in [1.82, 2.24) is 10.6 Å². The van der Waals surface area contributed by atoms with Gasteiger partial charge in [-0.2, -0.15) is 0 Å². The van der Waals surface area contributed by atoms with E-state index < -0.39 is 0 Å². The van der Waals surface area contributed by atoms with Crippen LogP contribution in [0.1, 0.15) is 25.7 Å². The highest BCUT2D eigenvalue weighted by molar-refractivity contribution is 5.73. The van der Waals surface area contributed by atoms with Crippen LogP contribution in [0.5, 0.6) is 0 Å². The Labute approximate surface area is 79.3 Å². The minimum atomic E-state index is -0.205. The third-order valence-corrected chi connectivity index (χ3v) is 2.33. The Morgan fingerprint density at radius 2 is 2.46 bits per heavy atom. The predicted octanol–water partition coefficient (Wildman–Crippen LogP) is -0.406. The van der Waals surface area contributed by atoms with Crippen molar-refractivity contribution >= 4 is 5.91 Å². The Kier molecular flexibility index (Phi) is 4.78. The third-order valence-electron chi connectivity index (χ3n) is 2.33. The Hall–Kier alpha value is -0.610. The van der Waals surface area contributed by atoms with Gasteiger partial charge in [0.05, 0.1) is 0 Å². The maximum atomic E-state index is 10.4. The van der Waals surface area contributed by atoms with Gasteiger partial charge in [0.2, 0.25) is 5.91 Å². The molecule has 1 amide bonds. The summed E-state index contributed by atoms with van der Waals surface area (Å²) >= 11 is 0. The smallest absolute Gasteiger partial charge is 0.217 e. The van der Waals surface area contributed by atoms with Gasteiger partial charge in [0, 0.05) is 19.0 Å². The topological polar surface area (TPSA) is 67.2 Å². The summed E-state index contributed by atoms with van der Waals surface area (Å²) in [5.41, 5.74) is 5.03. The Morgan fingerprint density at radius 3 is 3.08 bits per heavy atom. The van der Waals surface area contributed by atoms with Gasteiger partial charge in [-0.3, -0.25) is 4.79 Å². The van der Waals surface area contributed by atoms with E-state index in [9.17, 15) is 4.79 Å². The minimum absolute atomic E-state index is 0.205. The lowest BCUT2D eigenvalue weighted by Gasteiger charge is -2.23. The van der Waals surface area contributed by atoms with Crippen LogP contribution in [0.4, 0.5) is 0 Å². The first-order chi connectivity index (χ1) is 6.29. The van der Waals surface area contributed by atoms with Gasteiger partial charge >= 0.3 is 0 Å². The molecule has 0 aromatic carbocycles. The lowest BCUT2D eigenvalue weighted by atomic mass is 10.1. The summed E-state index contributed by atoms with van der Waals surface area (Å²) in [7, 11) is 0. The second-order valence-corrected chi connectivity index (χ2v) is 3.57. The van der Waals surface area contributed by atoms with Crippen molar-refractivity contribution in [1.29, 1.82) is 0 Å². The highest BCUT2D eigenvalue weighted by Crippen LogP contribution is 2.00. The van der Waals surface area contributed by atoms with E-state index in [-0.39, 0.29) is 5.91 Å². The molecule has 4 nitrogen and oxygen atoms in total. The molecule has 1 atom stereocenters. The van der Waals surface area contributed by atoms with Gasteiger partial charge in [0.25, 0.3) is 0 Å². The minimum Gasteiger partial charge on any atom is -0.370 e. The van der Waals surface area contributed by atoms with Gasteiger partial charge < -0.3 is 16.4 Å². The van der Waals surface area contributed by atoms with Gasteiger partial charge in [-0.25, -0.2) is 0 Å². The molecule has 1 aliphatic heterocycles. The molecule has 4 heteroatoms. The van der Waals surface area contributed by atoms with Crippen LogP contribution < -0.4 is 16.4 Å². The van der Waals surface area contributed by atoms with Gasteiger partial charge in [0.1, 0.15) is 0 Å². The molecular formula is C9H19N3O. The first-order valence-electron chi connectivity index (χ1n) is 5.01. The zero-order chi connectivity index (χ0) is 9.52. The second-order valence-electron chi connectivity index (χ2n) is 3.57. The molecule has 1 aliphatic rings. The molecule has 1 fully saturated rings. The molecule has 1 unspecified atom stereocenters. The Morgan fingerprint density at radius 1 is 1.62 bits per heavy atom. The van der Waals surface area contributed by atoms with Crippen molar-refractivity contribution in [2.75, 3.05) is 19.6 Å². The largest absolute Gasteiger partial charge is 0.370 e. The molecule has 13 heavy (non-hydrogen) atoms. The van der Waals surface area contributed by atoms with E-state index in [1.54, 1.807) is 0 Å². The van der Waals surface area contributed by atoms with Crippen LogP contribution in [-0.2, 0) is 4.79 Å². The summed E-state index contributed by atoms with van der Waals surface area (Å²) in [5, 5.41) is 6.74. The molecule has 4 N–H and O–H groups in total. The predicted molar refractivity (Wildman–Crippen MR) is 52.3 cm³/mol. The fourth-order valence-electron chi connectivity index (χ4n) is 1.59. The number of hydrogen-bond acceptors (Lipinski definition) is 3. The normalized spacial score (nSPS) is 22.9. The summed E-state index contributed by atoms with van der Waals surface area (Å²) < 4.78 is 0.